The molecule has 0 aliphatic rings. The van der Waals surface area contributed by atoms with Gasteiger partial charge in [-0.2, -0.15) is 0 Å². The van der Waals surface area contributed by atoms with Gasteiger partial charge < -0.3 is 5.32 Å². The summed E-state index contributed by atoms with van der Waals surface area (Å²) in [6, 6.07) is 15.4. The summed E-state index contributed by atoms with van der Waals surface area (Å²) in [6.45, 7) is 5.25. The fraction of sp³-hybridized carbons (Fsp3) is 0.278. The van der Waals surface area contributed by atoms with Gasteiger partial charge in [0.2, 0.25) is 0 Å². The number of aryl methyl sites for hydroxylation is 1. The monoisotopic (exact) mass is 296 g/mol. The quantitative estimate of drug-likeness (QED) is 0.737. The number of fused-ring (bicyclic) bond motifs is 1. The maximum atomic E-state index is 4.41. The highest BCUT2D eigenvalue weighted by atomic mass is 32.1. The molecule has 2 nitrogen and oxygen atoms in total. The van der Waals surface area contributed by atoms with E-state index in [1.165, 1.54) is 26.2 Å². The van der Waals surface area contributed by atoms with Crippen LogP contribution in [0.3, 0.4) is 0 Å². The minimum atomic E-state index is 0.322. The molecule has 0 fully saturated rings. The van der Waals surface area contributed by atoms with Gasteiger partial charge >= 0.3 is 0 Å². The van der Waals surface area contributed by atoms with Gasteiger partial charge in [0.1, 0.15) is 0 Å². The minimum Gasteiger partial charge on any atom is -0.305 e. The molecule has 21 heavy (non-hydrogen) atoms. The van der Waals surface area contributed by atoms with Crippen molar-refractivity contribution in [2.24, 2.45) is 0 Å². The van der Waals surface area contributed by atoms with Crippen LogP contribution in [0.25, 0.3) is 10.8 Å². The molecule has 1 aromatic heterocycles. The van der Waals surface area contributed by atoms with Crippen LogP contribution in [0.1, 0.15) is 35.3 Å². The van der Waals surface area contributed by atoms with Gasteiger partial charge in [-0.05, 0) is 29.7 Å². The van der Waals surface area contributed by atoms with Crippen LogP contribution < -0.4 is 5.32 Å². The Hall–Kier alpha value is -1.71. The summed E-state index contributed by atoms with van der Waals surface area (Å²) < 4.78 is 0. The number of hydrogen-bond donors (Lipinski definition) is 1. The first-order valence-electron chi connectivity index (χ1n) is 7.42. The maximum absolute atomic E-state index is 4.41. The topological polar surface area (TPSA) is 24.9 Å². The zero-order valence-corrected chi connectivity index (χ0v) is 13.3. The van der Waals surface area contributed by atoms with Crippen LogP contribution in [-0.4, -0.2) is 4.98 Å². The third-order valence-electron chi connectivity index (χ3n) is 3.78. The first-order chi connectivity index (χ1) is 10.3. The predicted octanol–water partition coefficient (Wildman–Crippen LogP) is 4.71. The highest BCUT2D eigenvalue weighted by Crippen LogP contribution is 2.24. The second-order valence-electron chi connectivity index (χ2n) is 5.24. The van der Waals surface area contributed by atoms with E-state index in [1.807, 2.05) is 6.20 Å². The van der Waals surface area contributed by atoms with Crippen molar-refractivity contribution in [3.63, 3.8) is 0 Å². The highest BCUT2D eigenvalue weighted by Gasteiger charge is 2.09. The van der Waals surface area contributed by atoms with Gasteiger partial charge in [-0.1, -0.05) is 49.4 Å². The van der Waals surface area contributed by atoms with E-state index in [4.69, 9.17) is 0 Å². The van der Waals surface area contributed by atoms with E-state index < -0.39 is 0 Å². The van der Waals surface area contributed by atoms with Crippen molar-refractivity contribution in [1.29, 1.82) is 0 Å². The van der Waals surface area contributed by atoms with Gasteiger partial charge in [-0.15, -0.1) is 11.3 Å². The van der Waals surface area contributed by atoms with E-state index in [0.717, 1.165) is 13.0 Å². The summed E-state index contributed by atoms with van der Waals surface area (Å²) in [4.78, 5) is 5.72. The Bertz CT molecular complexity index is 727. The molecule has 1 unspecified atom stereocenters. The lowest BCUT2D eigenvalue weighted by Crippen LogP contribution is -2.17. The molecule has 0 aliphatic heterocycles. The molecule has 0 aliphatic carbocycles. The Balaban J connectivity index is 1.76. The Labute approximate surface area is 129 Å². The number of hydrogen-bond acceptors (Lipinski definition) is 3. The maximum Gasteiger partial charge on any atom is 0.0925 e. The number of nitrogens with zero attached hydrogens (tertiary/aromatic N) is 1. The molecule has 0 saturated heterocycles. The van der Waals surface area contributed by atoms with Crippen LogP contribution in [0.15, 0.2) is 48.7 Å². The predicted molar refractivity (Wildman–Crippen MR) is 90.7 cm³/mol. The van der Waals surface area contributed by atoms with Crippen LogP contribution >= 0.6 is 11.3 Å². The summed E-state index contributed by atoms with van der Waals surface area (Å²) in [5.41, 5.74) is 1.35. The van der Waals surface area contributed by atoms with Crippen LogP contribution in [0.2, 0.25) is 0 Å². The molecule has 3 heteroatoms. The molecule has 3 aromatic rings. The van der Waals surface area contributed by atoms with Crippen molar-refractivity contribution in [2.75, 3.05) is 0 Å². The van der Waals surface area contributed by atoms with Crippen molar-refractivity contribution in [3.05, 3.63) is 64.1 Å². The molecule has 0 bridgehead atoms. The third kappa shape index (κ3) is 3.14. The number of thiazole rings is 1. The molecule has 0 amide bonds. The van der Waals surface area contributed by atoms with Crippen molar-refractivity contribution in [2.45, 2.75) is 32.9 Å². The fourth-order valence-corrected chi connectivity index (χ4v) is 3.40. The first-order valence-corrected chi connectivity index (χ1v) is 8.24. The van der Waals surface area contributed by atoms with E-state index in [2.05, 4.69) is 66.6 Å². The largest absolute Gasteiger partial charge is 0.305 e. The molecule has 0 spiro atoms. The third-order valence-corrected chi connectivity index (χ3v) is 4.92. The van der Waals surface area contributed by atoms with Crippen LogP contribution in [-0.2, 0) is 13.0 Å². The normalized spacial score (nSPS) is 12.7. The van der Waals surface area contributed by atoms with E-state index in [9.17, 15) is 0 Å². The fourth-order valence-electron chi connectivity index (χ4n) is 2.58. The summed E-state index contributed by atoms with van der Waals surface area (Å²) in [5.74, 6) is 0. The zero-order chi connectivity index (χ0) is 14.7. The highest BCUT2D eigenvalue weighted by molar-refractivity contribution is 7.11. The minimum absolute atomic E-state index is 0.322. The lowest BCUT2D eigenvalue weighted by Gasteiger charge is -2.16. The Morgan fingerprint density at radius 3 is 2.76 bits per heavy atom. The van der Waals surface area contributed by atoms with Crippen molar-refractivity contribution >= 4 is 22.1 Å². The lowest BCUT2D eigenvalue weighted by atomic mass is 10.00. The van der Waals surface area contributed by atoms with E-state index in [0.29, 0.717) is 6.04 Å². The Kier molecular flexibility index (Phi) is 4.32. The van der Waals surface area contributed by atoms with Gasteiger partial charge in [-0.25, -0.2) is 4.98 Å². The van der Waals surface area contributed by atoms with Gasteiger partial charge in [-0.3, -0.25) is 0 Å². The van der Waals surface area contributed by atoms with Crippen molar-refractivity contribution < 1.29 is 0 Å². The molecular weight excluding hydrogens is 276 g/mol. The van der Waals surface area contributed by atoms with Gasteiger partial charge in [0.15, 0.2) is 0 Å². The van der Waals surface area contributed by atoms with Gasteiger partial charge in [0, 0.05) is 23.7 Å². The molecule has 1 heterocycles. The molecular formula is C18H20N2S. The standard InChI is InChI=1S/C18H20N2S/c1-3-18-20-12-15(21-18)11-19-13(2)16-10-6-8-14-7-4-5-9-17(14)16/h4-10,12-13,19H,3,11H2,1-2H3. The summed E-state index contributed by atoms with van der Waals surface area (Å²) in [6.07, 6.45) is 3.01. The molecule has 0 saturated carbocycles. The van der Waals surface area contributed by atoms with Gasteiger partial charge in [0.25, 0.3) is 0 Å². The number of nitrogens with one attached hydrogen (secondary N) is 1. The second-order valence-corrected chi connectivity index (χ2v) is 6.44. The molecule has 1 atom stereocenters. The van der Waals surface area contributed by atoms with E-state index >= 15 is 0 Å². The van der Waals surface area contributed by atoms with E-state index in [1.54, 1.807) is 11.3 Å². The van der Waals surface area contributed by atoms with Crippen LogP contribution in [0.5, 0.6) is 0 Å². The average molecular weight is 296 g/mol. The van der Waals surface area contributed by atoms with Crippen molar-refractivity contribution in [1.82, 2.24) is 10.3 Å². The first kappa shape index (κ1) is 14.2. The summed E-state index contributed by atoms with van der Waals surface area (Å²) in [5, 5.41) is 7.46. The molecule has 3 rings (SSSR count). The average Bonchev–Trinajstić information content (AvgIpc) is 3.00. The van der Waals surface area contributed by atoms with Crippen LogP contribution in [0.4, 0.5) is 0 Å². The SMILES string of the molecule is CCc1ncc(CNC(C)c2cccc3ccccc23)s1. The molecule has 2 aromatic carbocycles. The number of aromatic nitrogens is 1. The smallest absolute Gasteiger partial charge is 0.0925 e. The zero-order valence-electron chi connectivity index (χ0n) is 12.5. The lowest BCUT2D eigenvalue weighted by molar-refractivity contribution is 0.582. The summed E-state index contributed by atoms with van der Waals surface area (Å²) in [7, 11) is 0. The van der Waals surface area contributed by atoms with Crippen LogP contribution in [0, 0.1) is 0 Å². The Morgan fingerprint density at radius 1 is 1.14 bits per heavy atom. The molecule has 1 N–H and O–H groups in total. The Morgan fingerprint density at radius 2 is 1.95 bits per heavy atom. The van der Waals surface area contributed by atoms with E-state index in [-0.39, 0.29) is 0 Å². The molecule has 0 radical (unpaired) electrons. The van der Waals surface area contributed by atoms with Gasteiger partial charge in [0.05, 0.1) is 5.01 Å². The number of benzene rings is 2. The number of rotatable bonds is 5. The van der Waals surface area contributed by atoms with Crippen molar-refractivity contribution in [3.8, 4) is 0 Å². The second kappa shape index (κ2) is 6.37. The molecule has 108 valence electrons. The summed E-state index contributed by atoms with van der Waals surface area (Å²) >= 11 is 1.80.